The van der Waals surface area contributed by atoms with E-state index in [2.05, 4.69) is 18.0 Å². The lowest BCUT2D eigenvalue weighted by molar-refractivity contribution is 0.306. The second-order valence-corrected chi connectivity index (χ2v) is 5.45. The zero-order valence-electron chi connectivity index (χ0n) is 9.29. The third-order valence-electron chi connectivity index (χ3n) is 2.41. The number of hydrogen-bond donors (Lipinski definition) is 1. The first kappa shape index (κ1) is 11.6. The molecule has 1 aromatic carbocycles. The van der Waals surface area contributed by atoms with Crippen LogP contribution in [0.4, 0.5) is 0 Å². The molecule has 0 aliphatic rings. The minimum Gasteiger partial charge on any atom is -0.494 e. The monoisotopic (exact) mass is 253 g/mol. The first-order chi connectivity index (χ1) is 7.79. The Kier molecular flexibility index (Phi) is 3.96. The van der Waals surface area contributed by atoms with E-state index in [0.29, 0.717) is 0 Å². The van der Waals surface area contributed by atoms with Crippen LogP contribution in [0.25, 0.3) is 10.2 Å². The molecule has 1 N–H and O–H groups in total. The van der Waals surface area contributed by atoms with Crippen LogP contribution in [-0.2, 0) is 0 Å². The van der Waals surface area contributed by atoms with E-state index < -0.39 is 0 Å². The predicted molar refractivity (Wildman–Crippen MR) is 72.0 cm³/mol. The van der Waals surface area contributed by atoms with Gasteiger partial charge in [0.25, 0.3) is 0 Å². The highest BCUT2D eigenvalue weighted by Gasteiger charge is 1.99. The van der Waals surface area contributed by atoms with Crippen molar-refractivity contribution in [2.75, 3.05) is 6.61 Å². The summed E-state index contributed by atoms with van der Waals surface area (Å²) in [4.78, 5) is 3.14. The van der Waals surface area contributed by atoms with Gasteiger partial charge in [-0.15, -0.1) is 11.3 Å². The third kappa shape index (κ3) is 2.83. The maximum absolute atomic E-state index is 5.68. The second kappa shape index (κ2) is 5.46. The summed E-state index contributed by atoms with van der Waals surface area (Å²) in [5.74, 6) is 0.939. The van der Waals surface area contributed by atoms with Crippen LogP contribution in [0.1, 0.15) is 26.2 Å². The van der Waals surface area contributed by atoms with Crippen LogP contribution in [0.5, 0.6) is 5.75 Å². The standard InChI is InChI=1S/C12H15NOS2/c1-2-3-4-7-14-9-5-6-10-11(8-9)16-12(15)13-10/h5-6,8H,2-4,7H2,1H3,(H,13,15). The fourth-order valence-corrected chi connectivity index (χ4v) is 2.70. The fourth-order valence-electron chi connectivity index (χ4n) is 1.56. The molecule has 0 aliphatic heterocycles. The number of ether oxygens (including phenoxy) is 1. The molecular weight excluding hydrogens is 238 g/mol. The van der Waals surface area contributed by atoms with Gasteiger partial charge in [-0.25, -0.2) is 0 Å². The van der Waals surface area contributed by atoms with Gasteiger partial charge in [-0.2, -0.15) is 0 Å². The Morgan fingerprint density at radius 1 is 1.38 bits per heavy atom. The van der Waals surface area contributed by atoms with E-state index in [9.17, 15) is 0 Å². The summed E-state index contributed by atoms with van der Waals surface area (Å²) < 4.78 is 7.67. The van der Waals surface area contributed by atoms with E-state index in [-0.39, 0.29) is 0 Å². The summed E-state index contributed by atoms with van der Waals surface area (Å²) >= 11 is 6.69. The number of H-pyrrole nitrogens is 1. The normalized spacial score (nSPS) is 10.8. The van der Waals surface area contributed by atoms with Gasteiger partial charge >= 0.3 is 0 Å². The van der Waals surface area contributed by atoms with Crippen molar-refractivity contribution in [2.24, 2.45) is 0 Å². The number of nitrogens with one attached hydrogen (secondary N) is 1. The number of rotatable bonds is 5. The minimum atomic E-state index is 0.801. The summed E-state index contributed by atoms with van der Waals surface area (Å²) in [5.41, 5.74) is 1.09. The first-order valence-corrected chi connectivity index (χ1v) is 6.78. The molecule has 2 rings (SSSR count). The van der Waals surface area contributed by atoms with Crippen molar-refractivity contribution < 1.29 is 4.74 Å². The smallest absolute Gasteiger partial charge is 0.159 e. The van der Waals surface area contributed by atoms with Gasteiger partial charge in [0.1, 0.15) is 5.75 Å². The minimum absolute atomic E-state index is 0.801. The molecule has 0 unspecified atom stereocenters. The second-order valence-electron chi connectivity index (χ2n) is 3.73. The van der Waals surface area contributed by atoms with Gasteiger partial charge < -0.3 is 9.72 Å². The fraction of sp³-hybridized carbons (Fsp3) is 0.417. The molecule has 86 valence electrons. The van der Waals surface area contributed by atoms with Crippen LogP contribution < -0.4 is 4.74 Å². The Labute approximate surface area is 104 Å². The molecule has 1 aromatic heterocycles. The summed E-state index contributed by atoms with van der Waals surface area (Å²) in [6, 6.07) is 6.07. The van der Waals surface area contributed by atoms with Crippen LogP contribution in [-0.4, -0.2) is 11.6 Å². The number of thiazole rings is 1. The van der Waals surface area contributed by atoms with E-state index in [1.54, 1.807) is 11.3 Å². The number of fused-ring (bicyclic) bond motifs is 1. The molecule has 16 heavy (non-hydrogen) atoms. The van der Waals surface area contributed by atoms with Gasteiger partial charge in [-0.3, -0.25) is 0 Å². The van der Waals surface area contributed by atoms with Crippen LogP contribution in [0.3, 0.4) is 0 Å². The largest absolute Gasteiger partial charge is 0.494 e. The lowest BCUT2D eigenvalue weighted by Crippen LogP contribution is -1.96. The third-order valence-corrected chi connectivity index (χ3v) is 3.61. The average Bonchev–Trinajstić information content (AvgIpc) is 2.64. The van der Waals surface area contributed by atoms with Gasteiger partial charge in [0.05, 0.1) is 16.8 Å². The molecule has 0 saturated heterocycles. The molecule has 0 atom stereocenters. The molecule has 2 aromatic rings. The average molecular weight is 253 g/mol. The van der Waals surface area contributed by atoms with E-state index in [0.717, 1.165) is 32.9 Å². The maximum atomic E-state index is 5.68. The molecule has 0 radical (unpaired) electrons. The van der Waals surface area contributed by atoms with Crippen molar-refractivity contribution in [2.45, 2.75) is 26.2 Å². The highest BCUT2D eigenvalue weighted by Crippen LogP contribution is 2.24. The number of unbranched alkanes of at least 4 members (excludes halogenated alkanes) is 2. The molecule has 0 aliphatic carbocycles. The lowest BCUT2D eigenvalue weighted by Gasteiger charge is -2.04. The van der Waals surface area contributed by atoms with E-state index in [1.165, 1.54) is 12.8 Å². The molecule has 0 bridgehead atoms. The number of aromatic amines is 1. The zero-order chi connectivity index (χ0) is 11.4. The van der Waals surface area contributed by atoms with Gasteiger partial charge in [-0.1, -0.05) is 19.8 Å². The molecule has 0 amide bonds. The zero-order valence-corrected chi connectivity index (χ0v) is 10.9. The highest BCUT2D eigenvalue weighted by molar-refractivity contribution is 7.73. The number of aromatic nitrogens is 1. The molecular formula is C12H15NOS2. The van der Waals surface area contributed by atoms with Crippen LogP contribution in [0.2, 0.25) is 0 Å². The van der Waals surface area contributed by atoms with Crippen molar-refractivity contribution in [3.05, 3.63) is 22.2 Å². The number of benzene rings is 1. The Morgan fingerprint density at radius 2 is 2.25 bits per heavy atom. The Balaban J connectivity index is 2.04. The van der Waals surface area contributed by atoms with Crippen LogP contribution in [0, 0.1) is 3.95 Å². The van der Waals surface area contributed by atoms with Crippen molar-refractivity contribution in [3.8, 4) is 5.75 Å². The molecule has 4 heteroatoms. The summed E-state index contributed by atoms with van der Waals surface area (Å²) in [6.45, 7) is 2.99. The Hall–Kier alpha value is -0.870. The van der Waals surface area contributed by atoms with Crippen LogP contribution >= 0.6 is 23.6 Å². The summed E-state index contributed by atoms with van der Waals surface area (Å²) in [7, 11) is 0. The summed E-state index contributed by atoms with van der Waals surface area (Å²) in [5, 5.41) is 0. The number of hydrogen-bond acceptors (Lipinski definition) is 3. The lowest BCUT2D eigenvalue weighted by atomic mass is 10.3. The molecule has 0 saturated carbocycles. The van der Waals surface area contributed by atoms with Crippen molar-refractivity contribution in [1.82, 2.24) is 4.98 Å². The van der Waals surface area contributed by atoms with Gasteiger partial charge in [0, 0.05) is 0 Å². The van der Waals surface area contributed by atoms with E-state index >= 15 is 0 Å². The van der Waals surface area contributed by atoms with Gasteiger partial charge in [0.15, 0.2) is 3.95 Å². The maximum Gasteiger partial charge on any atom is 0.159 e. The van der Waals surface area contributed by atoms with Gasteiger partial charge in [-0.05, 0) is 36.8 Å². The Bertz CT molecular complexity index is 515. The highest BCUT2D eigenvalue weighted by atomic mass is 32.1. The molecule has 0 spiro atoms. The van der Waals surface area contributed by atoms with E-state index in [1.807, 2.05) is 12.1 Å². The molecule has 0 fully saturated rings. The predicted octanol–water partition coefficient (Wildman–Crippen LogP) is 4.53. The quantitative estimate of drug-likeness (QED) is 0.625. The first-order valence-electron chi connectivity index (χ1n) is 5.55. The molecule has 1 heterocycles. The van der Waals surface area contributed by atoms with Crippen molar-refractivity contribution in [3.63, 3.8) is 0 Å². The summed E-state index contributed by atoms with van der Waals surface area (Å²) in [6.07, 6.45) is 3.57. The SMILES string of the molecule is CCCCCOc1ccc2[nH]c(=S)sc2c1. The van der Waals surface area contributed by atoms with Crippen molar-refractivity contribution in [1.29, 1.82) is 0 Å². The van der Waals surface area contributed by atoms with Crippen molar-refractivity contribution >= 4 is 33.8 Å². The Morgan fingerprint density at radius 3 is 3.06 bits per heavy atom. The van der Waals surface area contributed by atoms with Gasteiger partial charge in [0.2, 0.25) is 0 Å². The van der Waals surface area contributed by atoms with Crippen LogP contribution in [0.15, 0.2) is 18.2 Å². The molecule has 2 nitrogen and oxygen atoms in total. The topological polar surface area (TPSA) is 25.0 Å². The van der Waals surface area contributed by atoms with E-state index in [4.69, 9.17) is 17.0 Å².